The van der Waals surface area contributed by atoms with Gasteiger partial charge < -0.3 is 14.2 Å². The van der Waals surface area contributed by atoms with Crippen LogP contribution < -0.4 is 14.2 Å². The molecule has 1 aliphatic heterocycles. The highest BCUT2D eigenvalue weighted by atomic mass is 35.5. The first-order chi connectivity index (χ1) is 19.3. The van der Waals surface area contributed by atoms with Gasteiger partial charge in [-0.05, 0) is 97.6 Å². The topological polar surface area (TPSA) is 65.1 Å². The number of ether oxygens (including phenoxy) is 3. The van der Waals surface area contributed by atoms with Crippen molar-refractivity contribution in [2.24, 2.45) is 0 Å². The van der Waals surface area contributed by atoms with Crippen LogP contribution >= 0.6 is 23.4 Å². The Bertz CT molecular complexity index is 1430. The number of amides is 2. The fourth-order valence-corrected chi connectivity index (χ4v) is 5.18. The molecular formula is C32H32ClNO5S. The van der Waals surface area contributed by atoms with Crippen molar-refractivity contribution in [2.45, 2.75) is 33.8 Å². The minimum Gasteiger partial charge on any atom is -0.491 e. The van der Waals surface area contributed by atoms with Crippen molar-refractivity contribution in [3.8, 4) is 17.2 Å². The largest absolute Gasteiger partial charge is 0.491 e. The summed E-state index contributed by atoms with van der Waals surface area (Å²) in [6.45, 7) is 10.9. The minimum atomic E-state index is -0.342. The zero-order valence-corrected chi connectivity index (χ0v) is 24.4. The molecule has 6 nitrogen and oxygen atoms in total. The molecule has 40 heavy (non-hydrogen) atoms. The molecule has 0 aliphatic carbocycles. The third-order valence-electron chi connectivity index (χ3n) is 6.20. The Labute approximate surface area is 244 Å². The van der Waals surface area contributed by atoms with Crippen molar-refractivity contribution < 1.29 is 23.8 Å². The van der Waals surface area contributed by atoms with Crippen molar-refractivity contribution in [1.82, 2.24) is 4.90 Å². The van der Waals surface area contributed by atoms with Crippen molar-refractivity contribution >= 4 is 40.6 Å². The summed E-state index contributed by atoms with van der Waals surface area (Å²) in [5.74, 6) is 1.58. The molecule has 0 spiro atoms. The summed E-state index contributed by atoms with van der Waals surface area (Å²) in [6, 6.07) is 17.2. The Hall–Kier alpha value is -3.68. The normalized spacial score (nSPS) is 14.1. The number of allylic oxidation sites excluding steroid dienone is 1. The molecule has 208 valence electrons. The second-order valence-electron chi connectivity index (χ2n) is 9.30. The van der Waals surface area contributed by atoms with Crippen LogP contribution in [-0.2, 0) is 17.8 Å². The van der Waals surface area contributed by atoms with E-state index in [9.17, 15) is 9.59 Å². The average molecular weight is 578 g/mol. The molecule has 0 radical (unpaired) electrons. The van der Waals surface area contributed by atoms with Gasteiger partial charge in [0.2, 0.25) is 0 Å². The summed E-state index contributed by atoms with van der Waals surface area (Å²) in [5.41, 5.74) is 4.65. The van der Waals surface area contributed by atoms with Crippen molar-refractivity contribution in [1.29, 1.82) is 0 Å². The number of aryl methyl sites for hydroxylation is 2. The van der Waals surface area contributed by atoms with E-state index < -0.39 is 0 Å². The molecule has 2 amide bonds. The summed E-state index contributed by atoms with van der Waals surface area (Å²) >= 11 is 6.92. The molecular weight excluding hydrogens is 546 g/mol. The van der Waals surface area contributed by atoms with Crippen LogP contribution in [0.1, 0.15) is 34.7 Å². The van der Waals surface area contributed by atoms with Gasteiger partial charge in [-0.3, -0.25) is 14.5 Å². The third-order valence-corrected chi connectivity index (χ3v) is 7.36. The highest BCUT2D eigenvalue weighted by Gasteiger charge is 2.35. The zero-order chi connectivity index (χ0) is 28.6. The van der Waals surface area contributed by atoms with Crippen molar-refractivity contribution in [3.05, 3.63) is 105 Å². The maximum absolute atomic E-state index is 13.1. The summed E-state index contributed by atoms with van der Waals surface area (Å²) < 4.78 is 18.0. The van der Waals surface area contributed by atoms with E-state index in [1.165, 1.54) is 4.90 Å². The first-order valence-electron chi connectivity index (χ1n) is 13.0. The monoisotopic (exact) mass is 577 g/mol. The second-order valence-corrected chi connectivity index (χ2v) is 10.7. The molecule has 0 N–H and O–H groups in total. The Kier molecular flexibility index (Phi) is 9.96. The number of nitrogens with zero attached hydrogens (tertiary/aromatic N) is 1. The lowest BCUT2D eigenvalue weighted by Crippen LogP contribution is -2.32. The smallest absolute Gasteiger partial charge is 0.293 e. The zero-order valence-electron chi connectivity index (χ0n) is 22.9. The SMILES string of the molecule is C=CCc1cc(/C=C2\SC(=O)N(CCOc3cc(C)ccc3C)C2=O)cc(OCC)c1OCc1ccc(Cl)cc1. The van der Waals surface area contributed by atoms with Gasteiger partial charge in [0.05, 0.1) is 18.1 Å². The van der Waals surface area contributed by atoms with Crippen LogP contribution in [0.5, 0.6) is 17.2 Å². The van der Waals surface area contributed by atoms with Crippen LogP contribution in [0, 0.1) is 13.8 Å². The van der Waals surface area contributed by atoms with Gasteiger partial charge in [-0.2, -0.15) is 0 Å². The lowest BCUT2D eigenvalue weighted by atomic mass is 10.0. The molecule has 1 heterocycles. The van der Waals surface area contributed by atoms with Crippen LogP contribution in [0.25, 0.3) is 6.08 Å². The number of imide groups is 1. The van der Waals surface area contributed by atoms with E-state index >= 15 is 0 Å². The Morgan fingerprint density at radius 2 is 1.75 bits per heavy atom. The van der Waals surface area contributed by atoms with Gasteiger partial charge in [0.1, 0.15) is 19.0 Å². The van der Waals surface area contributed by atoms with E-state index in [4.69, 9.17) is 25.8 Å². The highest BCUT2D eigenvalue weighted by molar-refractivity contribution is 8.18. The molecule has 1 fully saturated rings. The number of hydrogen-bond acceptors (Lipinski definition) is 6. The predicted molar refractivity (Wildman–Crippen MR) is 161 cm³/mol. The fourth-order valence-electron chi connectivity index (χ4n) is 4.19. The molecule has 0 unspecified atom stereocenters. The molecule has 1 aliphatic rings. The average Bonchev–Trinajstić information content (AvgIpc) is 3.18. The Morgan fingerprint density at radius 3 is 2.48 bits per heavy atom. The van der Waals surface area contributed by atoms with E-state index in [-0.39, 0.29) is 24.3 Å². The number of thioether (sulfide) groups is 1. The van der Waals surface area contributed by atoms with E-state index in [1.807, 2.05) is 75.4 Å². The summed E-state index contributed by atoms with van der Waals surface area (Å²) in [5, 5.41) is 0.342. The van der Waals surface area contributed by atoms with Crippen molar-refractivity contribution in [2.75, 3.05) is 19.8 Å². The van der Waals surface area contributed by atoms with Gasteiger partial charge >= 0.3 is 0 Å². The van der Waals surface area contributed by atoms with Crippen LogP contribution in [0.4, 0.5) is 4.79 Å². The van der Waals surface area contributed by atoms with Crippen LogP contribution in [-0.4, -0.2) is 35.8 Å². The molecule has 0 saturated carbocycles. The molecule has 0 bridgehead atoms. The van der Waals surface area contributed by atoms with Gasteiger partial charge in [-0.25, -0.2) is 0 Å². The summed E-state index contributed by atoms with van der Waals surface area (Å²) in [7, 11) is 0. The third kappa shape index (κ3) is 7.29. The molecule has 3 aromatic carbocycles. The molecule has 8 heteroatoms. The molecule has 1 saturated heterocycles. The Balaban J connectivity index is 1.52. The van der Waals surface area contributed by atoms with E-state index in [2.05, 4.69) is 6.58 Å². The van der Waals surface area contributed by atoms with E-state index in [0.717, 1.165) is 45.3 Å². The van der Waals surface area contributed by atoms with Crippen LogP contribution in [0.3, 0.4) is 0 Å². The molecule has 0 atom stereocenters. The first kappa shape index (κ1) is 29.3. The van der Waals surface area contributed by atoms with Gasteiger partial charge in [-0.1, -0.05) is 41.9 Å². The van der Waals surface area contributed by atoms with Crippen molar-refractivity contribution in [3.63, 3.8) is 0 Å². The molecule has 3 aromatic rings. The molecule has 4 rings (SSSR count). The second kappa shape index (κ2) is 13.6. The fraction of sp³-hybridized carbons (Fsp3) is 0.250. The number of carbonyl (C=O) groups is 2. The quantitative estimate of drug-likeness (QED) is 0.162. The lowest BCUT2D eigenvalue weighted by molar-refractivity contribution is -0.123. The summed E-state index contributed by atoms with van der Waals surface area (Å²) in [6.07, 6.45) is 4.04. The van der Waals surface area contributed by atoms with Gasteiger partial charge in [0.25, 0.3) is 11.1 Å². The van der Waals surface area contributed by atoms with Crippen LogP contribution in [0.15, 0.2) is 72.2 Å². The maximum Gasteiger partial charge on any atom is 0.293 e. The summed E-state index contributed by atoms with van der Waals surface area (Å²) in [4.78, 5) is 27.4. The highest BCUT2D eigenvalue weighted by Crippen LogP contribution is 2.38. The maximum atomic E-state index is 13.1. The molecule has 0 aromatic heterocycles. The minimum absolute atomic E-state index is 0.165. The lowest BCUT2D eigenvalue weighted by Gasteiger charge is -2.17. The number of benzene rings is 3. The number of halogens is 1. The van der Waals surface area contributed by atoms with E-state index in [0.29, 0.717) is 41.1 Å². The number of carbonyl (C=O) groups excluding carboxylic acids is 2. The standard InChI is InChI=1S/C32H32ClNO5S/c1-5-7-25-17-24(18-28(37-6-2)30(25)39-20-23-10-12-26(33)13-11-23)19-29-31(35)34(32(36)40-29)14-15-38-27-16-21(3)8-9-22(27)4/h5,8-13,16-19H,1,6-7,14-15,20H2,2-4H3/b29-19-. The van der Waals surface area contributed by atoms with Crippen LogP contribution in [0.2, 0.25) is 5.02 Å². The number of rotatable bonds is 12. The predicted octanol–water partition coefficient (Wildman–Crippen LogP) is 7.78. The van der Waals surface area contributed by atoms with Gasteiger partial charge in [0, 0.05) is 10.6 Å². The Morgan fingerprint density at radius 1 is 0.975 bits per heavy atom. The van der Waals surface area contributed by atoms with Gasteiger partial charge in [0.15, 0.2) is 11.5 Å². The first-order valence-corrected chi connectivity index (χ1v) is 14.2. The van der Waals surface area contributed by atoms with Gasteiger partial charge in [-0.15, -0.1) is 6.58 Å². The number of hydrogen-bond donors (Lipinski definition) is 0. The van der Waals surface area contributed by atoms with E-state index in [1.54, 1.807) is 12.2 Å².